The van der Waals surface area contributed by atoms with Crippen LogP contribution in [-0.4, -0.2) is 27.2 Å². The van der Waals surface area contributed by atoms with E-state index in [2.05, 4.69) is 24.4 Å². The first-order valence-corrected chi connectivity index (χ1v) is 9.06. The minimum absolute atomic E-state index is 0.0280. The maximum Gasteiger partial charge on any atom is 0.220 e. The van der Waals surface area contributed by atoms with Gasteiger partial charge in [-0.25, -0.2) is 0 Å². The second kappa shape index (κ2) is 9.32. The highest BCUT2D eigenvalue weighted by molar-refractivity contribution is 7.11. The first-order valence-electron chi connectivity index (χ1n) is 8.24. The number of thiophene rings is 1. The number of ether oxygens (including phenoxy) is 3. The highest BCUT2D eigenvalue weighted by Gasteiger charge is 2.14. The summed E-state index contributed by atoms with van der Waals surface area (Å²) in [5.41, 5.74) is 0.967. The number of rotatable bonds is 9. The van der Waals surface area contributed by atoms with E-state index >= 15 is 0 Å². The lowest BCUT2D eigenvalue weighted by molar-refractivity contribution is -0.121. The van der Waals surface area contributed by atoms with Crippen LogP contribution in [-0.2, 0) is 24.2 Å². The van der Waals surface area contributed by atoms with E-state index in [9.17, 15) is 4.79 Å². The van der Waals surface area contributed by atoms with Gasteiger partial charge in [-0.1, -0.05) is 6.92 Å². The van der Waals surface area contributed by atoms with Crippen molar-refractivity contribution in [2.45, 2.75) is 32.7 Å². The molecule has 0 saturated carbocycles. The van der Waals surface area contributed by atoms with Crippen molar-refractivity contribution in [3.05, 3.63) is 39.6 Å². The van der Waals surface area contributed by atoms with Gasteiger partial charge in [0, 0.05) is 16.2 Å². The summed E-state index contributed by atoms with van der Waals surface area (Å²) < 4.78 is 16.0. The number of carbonyl (C=O) groups is 1. The fourth-order valence-corrected chi connectivity index (χ4v) is 3.42. The summed E-state index contributed by atoms with van der Waals surface area (Å²) in [5.74, 6) is 1.79. The van der Waals surface area contributed by atoms with Gasteiger partial charge in [0.05, 0.1) is 27.9 Å². The lowest BCUT2D eigenvalue weighted by Gasteiger charge is -2.14. The van der Waals surface area contributed by atoms with Crippen molar-refractivity contribution < 1.29 is 19.0 Å². The van der Waals surface area contributed by atoms with Gasteiger partial charge in [0.25, 0.3) is 0 Å². The van der Waals surface area contributed by atoms with E-state index in [1.807, 2.05) is 12.1 Å². The normalized spacial score (nSPS) is 10.4. The van der Waals surface area contributed by atoms with Crippen LogP contribution in [0.2, 0.25) is 0 Å². The van der Waals surface area contributed by atoms with Crippen LogP contribution in [0.5, 0.6) is 17.2 Å². The Morgan fingerprint density at radius 1 is 1.04 bits per heavy atom. The lowest BCUT2D eigenvalue weighted by atomic mass is 10.1. The number of benzene rings is 1. The second-order valence-electron chi connectivity index (χ2n) is 5.53. The molecule has 6 heteroatoms. The van der Waals surface area contributed by atoms with Gasteiger partial charge in [0.15, 0.2) is 11.5 Å². The molecular weight excluding hydrogens is 338 g/mol. The van der Waals surface area contributed by atoms with Gasteiger partial charge in [-0.15, -0.1) is 11.3 Å². The Morgan fingerprint density at radius 3 is 2.20 bits per heavy atom. The van der Waals surface area contributed by atoms with Crippen molar-refractivity contribution in [1.82, 2.24) is 5.32 Å². The summed E-state index contributed by atoms with van der Waals surface area (Å²) in [4.78, 5) is 14.6. The molecule has 0 radical (unpaired) electrons. The van der Waals surface area contributed by atoms with Gasteiger partial charge in [-0.05, 0) is 42.7 Å². The third kappa shape index (κ3) is 5.13. The van der Waals surface area contributed by atoms with E-state index in [4.69, 9.17) is 14.2 Å². The number of amides is 1. The van der Waals surface area contributed by atoms with Crippen molar-refractivity contribution in [2.24, 2.45) is 0 Å². The molecule has 0 aliphatic rings. The number of aryl methyl sites for hydroxylation is 2. The molecular formula is C19H25NO4S. The topological polar surface area (TPSA) is 56.8 Å². The highest BCUT2D eigenvalue weighted by atomic mass is 32.1. The molecule has 0 spiro atoms. The maximum absolute atomic E-state index is 12.1. The third-order valence-electron chi connectivity index (χ3n) is 3.89. The zero-order valence-corrected chi connectivity index (χ0v) is 16.0. The fourth-order valence-electron chi connectivity index (χ4n) is 2.52. The van der Waals surface area contributed by atoms with Gasteiger partial charge in [0.2, 0.25) is 11.7 Å². The van der Waals surface area contributed by atoms with Crippen molar-refractivity contribution in [3.8, 4) is 17.2 Å². The summed E-state index contributed by atoms with van der Waals surface area (Å²) in [5, 5.41) is 2.97. The minimum Gasteiger partial charge on any atom is -0.493 e. The Morgan fingerprint density at radius 2 is 1.68 bits per heavy atom. The average Bonchev–Trinajstić information content (AvgIpc) is 3.11. The van der Waals surface area contributed by atoms with E-state index < -0.39 is 0 Å². The number of hydrogen-bond acceptors (Lipinski definition) is 5. The highest BCUT2D eigenvalue weighted by Crippen LogP contribution is 2.38. The van der Waals surface area contributed by atoms with Gasteiger partial charge in [-0.3, -0.25) is 4.79 Å². The van der Waals surface area contributed by atoms with Gasteiger partial charge in [-0.2, -0.15) is 0 Å². The van der Waals surface area contributed by atoms with Crippen LogP contribution in [0.1, 0.15) is 28.7 Å². The van der Waals surface area contributed by atoms with Crippen molar-refractivity contribution in [3.63, 3.8) is 0 Å². The van der Waals surface area contributed by atoms with Gasteiger partial charge < -0.3 is 19.5 Å². The lowest BCUT2D eigenvalue weighted by Crippen LogP contribution is -2.22. The zero-order chi connectivity index (χ0) is 18.2. The molecule has 0 fully saturated rings. The molecule has 1 heterocycles. The largest absolute Gasteiger partial charge is 0.493 e. The monoisotopic (exact) mass is 363 g/mol. The first-order chi connectivity index (χ1) is 12.1. The molecule has 1 aromatic heterocycles. The van der Waals surface area contributed by atoms with E-state index in [1.165, 1.54) is 9.75 Å². The molecule has 1 amide bonds. The molecule has 2 aromatic rings. The summed E-state index contributed by atoms with van der Waals surface area (Å²) in [6.45, 7) is 2.71. The number of methoxy groups -OCH3 is 3. The maximum atomic E-state index is 12.1. The molecule has 0 atom stereocenters. The quantitative estimate of drug-likeness (QED) is 0.740. The van der Waals surface area contributed by atoms with Crippen molar-refractivity contribution in [1.29, 1.82) is 0 Å². The predicted octanol–water partition coefficient (Wildman–Crippen LogP) is 3.59. The van der Waals surface area contributed by atoms with E-state index in [0.717, 1.165) is 12.0 Å². The van der Waals surface area contributed by atoms with E-state index in [0.29, 0.717) is 36.6 Å². The molecule has 0 unspecified atom stereocenters. The minimum atomic E-state index is 0.0280. The smallest absolute Gasteiger partial charge is 0.220 e. The molecule has 1 aromatic carbocycles. The second-order valence-corrected chi connectivity index (χ2v) is 6.78. The third-order valence-corrected chi connectivity index (χ3v) is 5.12. The molecule has 0 bridgehead atoms. The van der Waals surface area contributed by atoms with E-state index in [-0.39, 0.29) is 5.91 Å². The van der Waals surface area contributed by atoms with E-state index in [1.54, 1.807) is 32.7 Å². The van der Waals surface area contributed by atoms with Crippen LogP contribution in [0, 0.1) is 0 Å². The first kappa shape index (κ1) is 19.1. The summed E-state index contributed by atoms with van der Waals surface area (Å²) in [6.07, 6.45) is 2.04. The molecule has 0 saturated heterocycles. The standard InChI is InChI=1S/C19H25NO4S/c1-5-14-7-8-15(25-14)12-20-18(21)9-6-13-10-16(22-2)19(24-4)17(11-13)23-3/h7-8,10-11H,5-6,9,12H2,1-4H3,(H,20,21). The van der Waals surface area contributed by atoms with Crippen LogP contribution in [0.3, 0.4) is 0 Å². The Labute approximate surface area is 152 Å². The zero-order valence-electron chi connectivity index (χ0n) is 15.2. The molecule has 0 aliphatic carbocycles. The SMILES string of the molecule is CCc1ccc(CNC(=O)CCc2cc(OC)c(OC)c(OC)c2)s1. The van der Waals surface area contributed by atoms with Crippen LogP contribution < -0.4 is 19.5 Å². The van der Waals surface area contributed by atoms with Crippen LogP contribution in [0.15, 0.2) is 24.3 Å². The predicted molar refractivity (Wildman–Crippen MR) is 100.0 cm³/mol. The molecule has 5 nitrogen and oxygen atoms in total. The summed E-state index contributed by atoms with van der Waals surface area (Å²) >= 11 is 1.74. The summed E-state index contributed by atoms with van der Waals surface area (Å²) in [7, 11) is 4.74. The molecule has 2 rings (SSSR count). The van der Waals surface area contributed by atoms with Crippen molar-refractivity contribution in [2.75, 3.05) is 21.3 Å². The van der Waals surface area contributed by atoms with Crippen molar-refractivity contribution >= 4 is 17.2 Å². The molecule has 136 valence electrons. The molecule has 1 N–H and O–H groups in total. The van der Waals surface area contributed by atoms with Gasteiger partial charge >= 0.3 is 0 Å². The number of nitrogens with one attached hydrogen (secondary N) is 1. The summed E-state index contributed by atoms with van der Waals surface area (Å²) in [6, 6.07) is 7.94. The van der Waals surface area contributed by atoms with Crippen LogP contribution >= 0.6 is 11.3 Å². The fraction of sp³-hybridized carbons (Fsp3) is 0.421. The number of carbonyl (C=O) groups excluding carboxylic acids is 1. The Hall–Kier alpha value is -2.21. The number of hydrogen-bond donors (Lipinski definition) is 1. The average molecular weight is 363 g/mol. The Balaban J connectivity index is 1.92. The van der Waals surface area contributed by atoms with Crippen LogP contribution in [0.25, 0.3) is 0 Å². The Bertz CT molecular complexity index is 686. The molecule has 25 heavy (non-hydrogen) atoms. The molecule has 0 aliphatic heterocycles. The van der Waals surface area contributed by atoms with Crippen LogP contribution in [0.4, 0.5) is 0 Å². The Kier molecular flexibility index (Phi) is 7.13. The van der Waals surface area contributed by atoms with Gasteiger partial charge in [0.1, 0.15) is 0 Å².